The van der Waals surface area contributed by atoms with Crippen molar-refractivity contribution in [3.63, 3.8) is 0 Å². The molecule has 2 aromatic carbocycles. The molecule has 0 saturated carbocycles. The van der Waals surface area contributed by atoms with E-state index in [1.165, 1.54) is 11.8 Å². The third kappa shape index (κ3) is 5.48. The highest BCUT2D eigenvalue weighted by atomic mass is 32.2. The highest BCUT2D eigenvalue weighted by Gasteiger charge is 2.32. The molecule has 0 spiro atoms. The van der Waals surface area contributed by atoms with Crippen LogP contribution in [0.2, 0.25) is 0 Å². The van der Waals surface area contributed by atoms with Gasteiger partial charge < -0.3 is 10.5 Å². The van der Waals surface area contributed by atoms with E-state index in [-0.39, 0.29) is 16.5 Å². The van der Waals surface area contributed by atoms with E-state index in [1.54, 1.807) is 0 Å². The zero-order valence-electron chi connectivity index (χ0n) is 13.6. The van der Waals surface area contributed by atoms with Crippen LogP contribution < -0.4 is 10.5 Å². The fraction of sp³-hybridized carbons (Fsp3) is 0.176. The molecule has 138 valence electrons. The lowest BCUT2D eigenvalue weighted by molar-refractivity contribution is -0.137. The van der Waals surface area contributed by atoms with Crippen LogP contribution in [0.4, 0.5) is 17.6 Å². The molecule has 0 radical (unpaired) electrons. The number of amidine groups is 1. The number of nitrogens with zero attached hydrogens (tertiary/aromatic N) is 2. The Bertz CT molecular complexity index is 808. The Morgan fingerprint density at radius 3 is 2.54 bits per heavy atom. The van der Waals surface area contributed by atoms with Gasteiger partial charge in [-0.1, -0.05) is 42.1 Å². The maximum Gasteiger partial charge on any atom is 0.416 e. The molecule has 2 aromatic rings. The summed E-state index contributed by atoms with van der Waals surface area (Å²) >= 11 is 1.22. The molecule has 0 fully saturated rings. The number of hydrogen-bond acceptors (Lipinski definition) is 4. The SMILES string of the molecule is COc1cc(C(F)(F)F)cc(F)c1C=NN=C(N)SCc1ccccc1. The number of hydrogen-bond donors (Lipinski definition) is 1. The second kappa shape index (κ2) is 8.70. The van der Waals surface area contributed by atoms with Crippen molar-refractivity contribution in [3.05, 3.63) is 65.0 Å². The Kier molecular flexibility index (Phi) is 6.62. The predicted octanol–water partition coefficient (Wildman–Crippen LogP) is 4.44. The van der Waals surface area contributed by atoms with Gasteiger partial charge in [0.05, 0.1) is 24.5 Å². The number of ether oxygens (including phenoxy) is 1. The van der Waals surface area contributed by atoms with E-state index in [1.807, 2.05) is 30.3 Å². The van der Waals surface area contributed by atoms with Gasteiger partial charge in [0.2, 0.25) is 0 Å². The van der Waals surface area contributed by atoms with Crippen LogP contribution in [0.1, 0.15) is 16.7 Å². The van der Waals surface area contributed by atoms with Crippen LogP contribution in [0.5, 0.6) is 5.75 Å². The van der Waals surface area contributed by atoms with Crippen molar-refractivity contribution >= 4 is 23.1 Å². The molecule has 0 aliphatic carbocycles. The summed E-state index contributed by atoms with van der Waals surface area (Å²) in [6, 6.07) is 10.6. The topological polar surface area (TPSA) is 60.0 Å². The van der Waals surface area contributed by atoms with Crippen LogP contribution in [0.25, 0.3) is 0 Å². The van der Waals surface area contributed by atoms with Gasteiger partial charge in [0.25, 0.3) is 0 Å². The van der Waals surface area contributed by atoms with Gasteiger partial charge in [-0.2, -0.15) is 18.3 Å². The number of thioether (sulfide) groups is 1. The first kappa shape index (κ1) is 19.8. The zero-order valence-corrected chi connectivity index (χ0v) is 14.4. The first-order valence-electron chi connectivity index (χ1n) is 7.29. The number of benzene rings is 2. The molecule has 0 atom stereocenters. The van der Waals surface area contributed by atoms with Gasteiger partial charge in [-0.05, 0) is 17.7 Å². The molecule has 0 aromatic heterocycles. The van der Waals surface area contributed by atoms with Crippen molar-refractivity contribution in [1.82, 2.24) is 0 Å². The van der Waals surface area contributed by atoms with Gasteiger partial charge in [0.15, 0.2) is 5.17 Å². The molecule has 0 bridgehead atoms. The van der Waals surface area contributed by atoms with Crippen molar-refractivity contribution < 1.29 is 22.3 Å². The largest absolute Gasteiger partial charge is 0.496 e. The molecule has 0 heterocycles. The van der Waals surface area contributed by atoms with Gasteiger partial charge in [0, 0.05) is 5.75 Å². The highest BCUT2D eigenvalue weighted by molar-refractivity contribution is 8.13. The molecule has 0 amide bonds. The minimum Gasteiger partial charge on any atom is -0.496 e. The minimum absolute atomic E-state index is 0.136. The van der Waals surface area contributed by atoms with E-state index in [0.717, 1.165) is 18.9 Å². The van der Waals surface area contributed by atoms with E-state index in [9.17, 15) is 17.6 Å². The van der Waals surface area contributed by atoms with Crippen LogP contribution in [-0.4, -0.2) is 18.5 Å². The molecular formula is C17H15F4N3OS. The molecule has 26 heavy (non-hydrogen) atoms. The molecule has 4 nitrogen and oxygen atoms in total. The third-order valence-electron chi connectivity index (χ3n) is 3.21. The summed E-state index contributed by atoms with van der Waals surface area (Å²) in [6.07, 6.45) is -3.72. The Morgan fingerprint density at radius 1 is 1.23 bits per heavy atom. The van der Waals surface area contributed by atoms with Crippen molar-refractivity contribution in [2.45, 2.75) is 11.9 Å². The van der Waals surface area contributed by atoms with Crippen molar-refractivity contribution in [2.75, 3.05) is 7.11 Å². The van der Waals surface area contributed by atoms with E-state index in [0.29, 0.717) is 17.9 Å². The lowest BCUT2D eigenvalue weighted by atomic mass is 10.1. The van der Waals surface area contributed by atoms with Crippen molar-refractivity contribution in [3.8, 4) is 5.75 Å². The fourth-order valence-corrected chi connectivity index (χ4v) is 2.57. The lowest BCUT2D eigenvalue weighted by Gasteiger charge is -2.11. The van der Waals surface area contributed by atoms with E-state index in [4.69, 9.17) is 10.5 Å². The summed E-state index contributed by atoms with van der Waals surface area (Å²) in [7, 11) is 1.14. The summed E-state index contributed by atoms with van der Waals surface area (Å²) in [6.45, 7) is 0. The molecule has 0 aliphatic rings. The van der Waals surface area contributed by atoms with Crippen molar-refractivity contribution in [1.29, 1.82) is 0 Å². The van der Waals surface area contributed by atoms with Gasteiger partial charge in [-0.15, -0.1) is 5.10 Å². The highest BCUT2D eigenvalue weighted by Crippen LogP contribution is 2.34. The van der Waals surface area contributed by atoms with Crippen LogP contribution in [0.3, 0.4) is 0 Å². The first-order chi connectivity index (χ1) is 12.3. The number of alkyl halides is 3. The number of methoxy groups -OCH3 is 1. The van der Waals surface area contributed by atoms with Crippen LogP contribution >= 0.6 is 11.8 Å². The monoisotopic (exact) mass is 385 g/mol. The Morgan fingerprint density at radius 2 is 1.92 bits per heavy atom. The maximum atomic E-state index is 14.0. The average molecular weight is 385 g/mol. The second-order valence-electron chi connectivity index (χ2n) is 5.03. The third-order valence-corrected chi connectivity index (χ3v) is 4.07. The smallest absolute Gasteiger partial charge is 0.416 e. The number of nitrogens with two attached hydrogens (primary N) is 1. The number of halogens is 4. The summed E-state index contributed by atoms with van der Waals surface area (Å²) in [5.74, 6) is -0.846. The Hall–Kier alpha value is -2.55. The molecule has 9 heteroatoms. The summed E-state index contributed by atoms with van der Waals surface area (Å²) in [5.41, 5.74) is 5.35. The molecule has 2 rings (SSSR count). The molecule has 0 aliphatic heterocycles. The maximum absolute atomic E-state index is 14.0. The standard InChI is InChI=1S/C17H15F4N3OS/c1-25-15-8-12(17(19,20)21)7-14(18)13(15)9-23-24-16(22)26-10-11-5-3-2-4-6-11/h2-9H,10H2,1H3,(H2,22,24). The van der Waals surface area contributed by atoms with Crippen molar-refractivity contribution in [2.24, 2.45) is 15.9 Å². The Balaban J connectivity index is 2.11. The minimum atomic E-state index is -4.68. The lowest BCUT2D eigenvalue weighted by Crippen LogP contribution is -2.08. The van der Waals surface area contributed by atoms with E-state index < -0.39 is 17.6 Å². The Labute approximate surface area is 151 Å². The van der Waals surface area contributed by atoms with Crippen LogP contribution in [0, 0.1) is 5.82 Å². The van der Waals surface area contributed by atoms with E-state index >= 15 is 0 Å². The number of rotatable bonds is 5. The zero-order chi connectivity index (χ0) is 19.2. The summed E-state index contributed by atoms with van der Waals surface area (Å²) < 4.78 is 56.9. The summed E-state index contributed by atoms with van der Waals surface area (Å²) in [5, 5.41) is 7.47. The molecular weight excluding hydrogens is 370 g/mol. The fourth-order valence-electron chi connectivity index (χ4n) is 1.95. The van der Waals surface area contributed by atoms with Crippen LogP contribution in [0.15, 0.2) is 52.7 Å². The van der Waals surface area contributed by atoms with Crippen LogP contribution in [-0.2, 0) is 11.9 Å². The van der Waals surface area contributed by atoms with Gasteiger partial charge in [-0.3, -0.25) is 0 Å². The van der Waals surface area contributed by atoms with Gasteiger partial charge in [-0.25, -0.2) is 4.39 Å². The molecule has 2 N–H and O–H groups in total. The second-order valence-corrected chi connectivity index (χ2v) is 6.02. The van der Waals surface area contributed by atoms with Gasteiger partial charge >= 0.3 is 6.18 Å². The molecule has 0 saturated heterocycles. The van der Waals surface area contributed by atoms with E-state index in [2.05, 4.69) is 10.2 Å². The molecule has 0 unspecified atom stereocenters. The quantitative estimate of drug-likeness (QED) is 0.358. The summed E-state index contributed by atoms with van der Waals surface area (Å²) in [4.78, 5) is 0. The van der Waals surface area contributed by atoms with Gasteiger partial charge in [0.1, 0.15) is 11.6 Å². The first-order valence-corrected chi connectivity index (χ1v) is 8.27. The average Bonchev–Trinajstić information content (AvgIpc) is 2.61. The normalized spacial score (nSPS) is 12.6. The predicted molar refractivity (Wildman–Crippen MR) is 94.9 cm³/mol.